The number of hydrogen-bond acceptors (Lipinski definition) is 5. The fraction of sp³-hybridized carbons (Fsp3) is 0.500. The Kier molecular flexibility index (Phi) is 3.05. The molecule has 0 aromatic carbocycles. The summed E-state index contributed by atoms with van der Waals surface area (Å²) in [4.78, 5) is 10.3. The van der Waals surface area contributed by atoms with E-state index in [0.29, 0.717) is 0 Å². The third kappa shape index (κ3) is 2.71. The zero-order valence-electron chi connectivity index (χ0n) is 6.99. The lowest BCUT2D eigenvalue weighted by molar-refractivity contribution is 0.0493. The van der Waals surface area contributed by atoms with Crippen LogP contribution in [0.15, 0.2) is 0 Å². The number of anilines is 2. The van der Waals surface area contributed by atoms with E-state index in [4.69, 9.17) is 11.5 Å². The predicted molar refractivity (Wildman–Crippen MR) is 43.3 cm³/mol. The van der Waals surface area contributed by atoms with Gasteiger partial charge >= 0.3 is 0 Å². The molecule has 0 aliphatic heterocycles. The maximum atomic E-state index is 12.5. The van der Waals surface area contributed by atoms with Gasteiger partial charge in [0.2, 0.25) is 11.9 Å². The van der Waals surface area contributed by atoms with E-state index >= 15 is 0 Å². The van der Waals surface area contributed by atoms with E-state index in [1.54, 1.807) is 0 Å². The molecular weight excluding hydrogens is 199 g/mol. The molecule has 0 aliphatic rings. The summed E-state index contributed by atoms with van der Waals surface area (Å²) in [5, 5.41) is 0. The molecule has 1 heterocycles. The number of nitrogen functional groups attached to an aromatic ring is 2. The van der Waals surface area contributed by atoms with Crippen LogP contribution in [0, 0.1) is 0 Å². The first-order chi connectivity index (χ1) is 6.49. The largest absolute Gasteiger partial charge is 0.368 e. The van der Waals surface area contributed by atoms with Crippen molar-refractivity contribution in [3.63, 3.8) is 0 Å². The van der Waals surface area contributed by atoms with Crippen molar-refractivity contribution in [1.29, 1.82) is 0 Å². The van der Waals surface area contributed by atoms with Crippen molar-refractivity contribution in [3.8, 4) is 0 Å². The van der Waals surface area contributed by atoms with Gasteiger partial charge < -0.3 is 11.5 Å². The standard InChI is InChI=1S/C6H8F3N5/c7-2(4(8)9)1-3-12-5(10)14-6(11)13-3/h2,4H,1H2,(H4,10,11,12,13,14). The Morgan fingerprint density at radius 2 is 1.50 bits per heavy atom. The maximum absolute atomic E-state index is 12.5. The molecule has 0 saturated carbocycles. The number of alkyl halides is 3. The molecule has 8 heteroatoms. The highest BCUT2D eigenvalue weighted by molar-refractivity contribution is 5.25. The summed E-state index contributed by atoms with van der Waals surface area (Å²) in [6, 6.07) is 0. The number of rotatable bonds is 3. The second-order valence-corrected chi connectivity index (χ2v) is 2.52. The summed E-state index contributed by atoms with van der Waals surface area (Å²) in [6.07, 6.45) is -6.03. The lowest BCUT2D eigenvalue weighted by Crippen LogP contribution is -2.18. The van der Waals surface area contributed by atoms with Crippen molar-refractivity contribution in [2.24, 2.45) is 0 Å². The third-order valence-electron chi connectivity index (χ3n) is 1.37. The van der Waals surface area contributed by atoms with Crippen molar-refractivity contribution in [2.45, 2.75) is 19.0 Å². The van der Waals surface area contributed by atoms with Gasteiger partial charge in [-0.15, -0.1) is 0 Å². The molecule has 0 aliphatic carbocycles. The van der Waals surface area contributed by atoms with Crippen molar-refractivity contribution < 1.29 is 13.2 Å². The monoisotopic (exact) mass is 207 g/mol. The molecule has 1 atom stereocenters. The molecule has 0 fully saturated rings. The molecule has 1 unspecified atom stereocenters. The van der Waals surface area contributed by atoms with Crippen LogP contribution in [-0.4, -0.2) is 27.5 Å². The van der Waals surface area contributed by atoms with Crippen molar-refractivity contribution in [3.05, 3.63) is 5.82 Å². The smallest absolute Gasteiger partial charge is 0.269 e. The molecule has 0 bridgehead atoms. The van der Waals surface area contributed by atoms with E-state index in [-0.39, 0.29) is 17.7 Å². The minimum atomic E-state index is -3.07. The van der Waals surface area contributed by atoms with Gasteiger partial charge in [-0.2, -0.15) is 15.0 Å². The highest BCUT2D eigenvalue weighted by atomic mass is 19.3. The molecule has 0 radical (unpaired) electrons. The number of hydrogen-bond donors (Lipinski definition) is 2. The van der Waals surface area contributed by atoms with Crippen LogP contribution in [0.3, 0.4) is 0 Å². The maximum Gasteiger partial charge on any atom is 0.269 e. The normalized spacial score (nSPS) is 13.1. The summed E-state index contributed by atoms with van der Waals surface area (Å²) in [7, 11) is 0. The number of aromatic nitrogens is 3. The third-order valence-corrected chi connectivity index (χ3v) is 1.37. The zero-order valence-corrected chi connectivity index (χ0v) is 6.99. The van der Waals surface area contributed by atoms with Gasteiger partial charge in [-0.3, -0.25) is 0 Å². The molecular formula is C6H8F3N5. The van der Waals surface area contributed by atoms with Crippen LogP contribution in [0.1, 0.15) is 5.82 Å². The van der Waals surface area contributed by atoms with E-state index in [1.807, 2.05) is 0 Å². The molecule has 1 aromatic heterocycles. The minimum Gasteiger partial charge on any atom is -0.368 e. The second-order valence-electron chi connectivity index (χ2n) is 2.52. The fourth-order valence-electron chi connectivity index (χ4n) is 0.812. The van der Waals surface area contributed by atoms with Crippen LogP contribution in [0.4, 0.5) is 25.1 Å². The first-order valence-corrected chi connectivity index (χ1v) is 3.67. The molecule has 0 amide bonds. The minimum absolute atomic E-state index is 0.178. The Balaban J connectivity index is 2.76. The Morgan fingerprint density at radius 1 is 1.00 bits per heavy atom. The summed E-state index contributed by atoms with van der Waals surface area (Å²) < 4.78 is 36.2. The Bertz CT molecular complexity index is 298. The van der Waals surface area contributed by atoms with Crippen molar-refractivity contribution >= 4 is 11.9 Å². The SMILES string of the molecule is Nc1nc(N)nc(CC(F)C(F)F)n1. The summed E-state index contributed by atoms with van der Waals surface area (Å²) >= 11 is 0. The summed E-state index contributed by atoms with van der Waals surface area (Å²) in [5.41, 5.74) is 10.3. The highest BCUT2D eigenvalue weighted by Gasteiger charge is 2.21. The average Bonchev–Trinajstić information content (AvgIpc) is 2.01. The molecule has 0 spiro atoms. The van der Waals surface area contributed by atoms with Crippen LogP contribution in [0.25, 0.3) is 0 Å². The summed E-state index contributed by atoms with van der Waals surface area (Å²) in [6.45, 7) is 0. The first kappa shape index (κ1) is 10.5. The predicted octanol–water partition coefficient (Wildman–Crippen LogP) is 0.182. The van der Waals surface area contributed by atoms with Gasteiger partial charge in [-0.05, 0) is 0 Å². The topological polar surface area (TPSA) is 90.7 Å². The number of nitrogens with zero attached hydrogens (tertiary/aromatic N) is 3. The average molecular weight is 207 g/mol. The van der Waals surface area contributed by atoms with Gasteiger partial charge in [-0.1, -0.05) is 0 Å². The van der Waals surface area contributed by atoms with Crippen LogP contribution < -0.4 is 11.5 Å². The lowest BCUT2D eigenvalue weighted by Gasteiger charge is -2.05. The molecule has 0 saturated heterocycles. The van der Waals surface area contributed by atoms with Crippen LogP contribution in [0.5, 0.6) is 0 Å². The number of halogens is 3. The molecule has 1 aromatic rings. The Labute approximate surface area is 77.4 Å². The van der Waals surface area contributed by atoms with Crippen LogP contribution in [-0.2, 0) is 6.42 Å². The van der Waals surface area contributed by atoms with E-state index in [9.17, 15) is 13.2 Å². The molecule has 78 valence electrons. The highest BCUT2D eigenvalue weighted by Crippen LogP contribution is 2.11. The van der Waals surface area contributed by atoms with Gasteiger partial charge in [0, 0.05) is 6.42 Å². The van der Waals surface area contributed by atoms with E-state index in [1.165, 1.54) is 0 Å². The zero-order chi connectivity index (χ0) is 10.7. The molecule has 5 nitrogen and oxygen atoms in total. The van der Waals surface area contributed by atoms with Gasteiger partial charge in [0.25, 0.3) is 6.43 Å². The van der Waals surface area contributed by atoms with Crippen molar-refractivity contribution in [1.82, 2.24) is 15.0 Å². The lowest BCUT2D eigenvalue weighted by atomic mass is 10.3. The summed E-state index contributed by atoms with van der Waals surface area (Å²) in [5.74, 6) is -0.606. The van der Waals surface area contributed by atoms with Gasteiger partial charge in [0.05, 0.1) is 0 Å². The quantitative estimate of drug-likeness (QED) is 0.737. The Hall–Kier alpha value is -1.60. The van der Waals surface area contributed by atoms with E-state index in [0.717, 1.165) is 0 Å². The van der Waals surface area contributed by atoms with Gasteiger partial charge in [-0.25, -0.2) is 13.2 Å². The van der Waals surface area contributed by atoms with Crippen molar-refractivity contribution in [2.75, 3.05) is 11.5 Å². The number of nitrogens with two attached hydrogens (primary N) is 2. The fourth-order valence-corrected chi connectivity index (χ4v) is 0.812. The van der Waals surface area contributed by atoms with E-state index < -0.39 is 19.0 Å². The van der Waals surface area contributed by atoms with Gasteiger partial charge in [0.1, 0.15) is 5.82 Å². The second kappa shape index (κ2) is 4.07. The van der Waals surface area contributed by atoms with E-state index in [2.05, 4.69) is 15.0 Å². The molecule has 1 rings (SSSR count). The van der Waals surface area contributed by atoms with Crippen LogP contribution >= 0.6 is 0 Å². The molecule has 4 N–H and O–H groups in total. The van der Waals surface area contributed by atoms with Crippen LogP contribution in [0.2, 0.25) is 0 Å². The Morgan fingerprint density at radius 3 is 1.93 bits per heavy atom. The molecule has 14 heavy (non-hydrogen) atoms. The van der Waals surface area contributed by atoms with Gasteiger partial charge in [0.15, 0.2) is 6.17 Å². The first-order valence-electron chi connectivity index (χ1n) is 3.67.